The molecular formula is C12H15ClN2O3. The number of aromatic nitrogens is 1. The molecule has 0 fully saturated rings. The maximum atomic E-state index is 11.9. The number of hydrogen-bond donors (Lipinski definition) is 1. The quantitative estimate of drug-likeness (QED) is 0.667. The lowest BCUT2D eigenvalue weighted by Crippen LogP contribution is -2.45. The Kier molecular flexibility index (Phi) is 5.09. The second kappa shape index (κ2) is 6.35. The number of ether oxygens (including phenoxy) is 1. The third-order valence-electron chi connectivity index (χ3n) is 2.40. The molecule has 0 aromatic carbocycles. The highest BCUT2D eigenvalue weighted by atomic mass is 35.5. The minimum atomic E-state index is -0.686. The summed E-state index contributed by atoms with van der Waals surface area (Å²) in [5.41, 5.74) is 0.351. The first-order valence-corrected chi connectivity index (χ1v) is 5.83. The maximum absolute atomic E-state index is 11.9. The highest BCUT2D eigenvalue weighted by Crippen LogP contribution is 2.09. The predicted molar refractivity (Wildman–Crippen MR) is 67.4 cm³/mol. The summed E-state index contributed by atoms with van der Waals surface area (Å²) in [4.78, 5) is 27.2. The molecule has 0 bridgehead atoms. The molecule has 98 valence electrons. The predicted octanol–water partition coefficient (Wildman–Crippen LogP) is 1.66. The van der Waals surface area contributed by atoms with E-state index in [-0.39, 0.29) is 17.0 Å². The molecule has 5 nitrogen and oxygen atoms in total. The van der Waals surface area contributed by atoms with E-state index < -0.39 is 12.0 Å². The molecule has 0 aliphatic heterocycles. The number of esters is 1. The van der Waals surface area contributed by atoms with Crippen molar-refractivity contribution in [2.24, 2.45) is 5.92 Å². The Morgan fingerprint density at radius 2 is 2.11 bits per heavy atom. The molecule has 1 heterocycles. The van der Waals surface area contributed by atoms with Gasteiger partial charge in [-0.25, -0.2) is 9.78 Å². The lowest BCUT2D eigenvalue weighted by Gasteiger charge is -2.19. The van der Waals surface area contributed by atoms with E-state index in [2.05, 4.69) is 15.0 Å². The average Bonchev–Trinajstić information content (AvgIpc) is 2.34. The first-order chi connectivity index (χ1) is 8.45. The van der Waals surface area contributed by atoms with Crippen LogP contribution < -0.4 is 5.32 Å². The second-order valence-corrected chi connectivity index (χ2v) is 4.47. The van der Waals surface area contributed by atoms with Crippen LogP contribution in [0, 0.1) is 5.92 Å². The zero-order valence-electron chi connectivity index (χ0n) is 10.4. The molecule has 0 aliphatic rings. The van der Waals surface area contributed by atoms with E-state index in [1.54, 1.807) is 0 Å². The summed E-state index contributed by atoms with van der Waals surface area (Å²) in [5.74, 6) is -0.930. The highest BCUT2D eigenvalue weighted by molar-refractivity contribution is 6.29. The van der Waals surface area contributed by atoms with Crippen molar-refractivity contribution in [2.75, 3.05) is 7.11 Å². The van der Waals surface area contributed by atoms with Crippen molar-refractivity contribution in [2.45, 2.75) is 19.9 Å². The molecule has 1 aromatic rings. The minimum absolute atomic E-state index is 0.0706. The Morgan fingerprint density at radius 3 is 2.61 bits per heavy atom. The molecule has 0 unspecified atom stereocenters. The Hall–Kier alpha value is -1.62. The average molecular weight is 271 g/mol. The van der Waals surface area contributed by atoms with E-state index in [9.17, 15) is 9.59 Å². The molecular weight excluding hydrogens is 256 g/mol. The third kappa shape index (κ3) is 3.70. The Balaban J connectivity index is 2.82. The van der Waals surface area contributed by atoms with Crippen LogP contribution in [0.25, 0.3) is 0 Å². The molecule has 1 atom stereocenters. The van der Waals surface area contributed by atoms with Crippen LogP contribution in [-0.2, 0) is 9.53 Å². The van der Waals surface area contributed by atoms with Gasteiger partial charge in [0.1, 0.15) is 11.2 Å². The van der Waals surface area contributed by atoms with Gasteiger partial charge in [0, 0.05) is 11.8 Å². The van der Waals surface area contributed by atoms with Gasteiger partial charge in [-0.2, -0.15) is 0 Å². The first-order valence-electron chi connectivity index (χ1n) is 5.46. The molecule has 0 spiro atoms. The Bertz CT molecular complexity index is 449. The van der Waals surface area contributed by atoms with Crippen LogP contribution in [0.2, 0.25) is 5.15 Å². The second-order valence-electron chi connectivity index (χ2n) is 4.09. The monoisotopic (exact) mass is 270 g/mol. The fourth-order valence-electron chi connectivity index (χ4n) is 1.39. The smallest absolute Gasteiger partial charge is 0.328 e. The van der Waals surface area contributed by atoms with E-state index in [1.165, 1.54) is 25.4 Å². The lowest BCUT2D eigenvalue weighted by molar-refractivity contribution is -0.144. The van der Waals surface area contributed by atoms with Gasteiger partial charge in [0.05, 0.1) is 7.11 Å². The van der Waals surface area contributed by atoms with Crippen LogP contribution >= 0.6 is 11.6 Å². The zero-order valence-corrected chi connectivity index (χ0v) is 11.2. The number of pyridine rings is 1. The van der Waals surface area contributed by atoms with Crippen LogP contribution in [0.1, 0.15) is 24.2 Å². The van der Waals surface area contributed by atoms with Gasteiger partial charge in [-0.05, 0) is 18.1 Å². The van der Waals surface area contributed by atoms with Crippen LogP contribution in [0.3, 0.4) is 0 Å². The normalized spacial score (nSPS) is 12.1. The van der Waals surface area contributed by atoms with Crippen LogP contribution in [0.5, 0.6) is 0 Å². The molecule has 0 aliphatic carbocycles. The molecule has 6 heteroatoms. The molecule has 18 heavy (non-hydrogen) atoms. The molecule has 0 radical (unpaired) electrons. The van der Waals surface area contributed by atoms with Gasteiger partial charge in [-0.1, -0.05) is 25.4 Å². The fourth-order valence-corrected chi connectivity index (χ4v) is 1.57. The van der Waals surface area contributed by atoms with E-state index in [4.69, 9.17) is 11.6 Å². The molecule has 1 amide bonds. The van der Waals surface area contributed by atoms with E-state index >= 15 is 0 Å². The number of methoxy groups -OCH3 is 1. The SMILES string of the molecule is COC(=O)[C@@H](NC(=O)c1ccnc(Cl)c1)C(C)C. The largest absolute Gasteiger partial charge is 0.467 e. The van der Waals surface area contributed by atoms with Crippen molar-refractivity contribution >= 4 is 23.5 Å². The van der Waals surface area contributed by atoms with Crippen LogP contribution in [0.15, 0.2) is 18.3 Å². The van der Waals surface area contributed by atoms with Gasteiger partial charge < -0.3 is 10.1 Å². The topological polar surface area (TPSA) is 68.3 Å². The van der Waals surface area contributed by atoms with Gasteiger partial charge in [0.25, 0.3) is 5.91 Å². The van der Waals surface area contributed by atoms with Gasteiger partial charge in [-0.3, -0.25) is 4.79 Å². The number of amides is 1. The van der Waals surface area contributed by atoms with Crippen molar-refractivity contribution in [1.29, 1.82) is 0 Å². The van der Waals surface area contributed by atoms with E-state index in [0.29, 0.717) is 5.56 Å². The minimum Gasteiger partial charge on any atom is -0.467 e. The first kappa shape index (κ1) is 14.4. The molecule has 0 saturated heterocycles. The number of carbonyl (C=O) groups is 2. The number of hydrogen-bond acceptors (Lipinski definition) is 4. The Labute approximate surface area is 110 Å². The standard InChI is InChI=1S/C12H15ClN2O3/c1-7(2)10(12(17)18-3)15-11(16)8-4-5-14-9(13)6-8/h4-7,10H,1-3H3,(H,15,16)/t10-/m0/s1. The van der Waals surface area contributed by atoms with E-state index in [1.807, 2.05) is 13.8 Å². The summed E-state index contributed by atoms with van der Waals surface area (Å²) < 4.78 is 4.64. The Morgan fingerprint density at radius 1 is 1.44 bits per heavy atom. The number of rotatable bonds is 4. The summed E-state index contributed by atoms with van der Waals surface area (Å²) in [5, 5.41) is 2.83. The van der Waals surface area contributed by atoms with Crippen molar-refractivity contribution in [3.05, 3.63) is 29.0 Å². The van der Waals surface area contributed by atoms with E-state index in [0.717, 1.165) is 0 Å². The third-order valence-corrected chi connectivity index (χ3v) is 2.60. The van der Waals surface area contributed by atoms with Crippen LogP contribution in [-0.4, -0.2) is 30.0 Å². The fraction of sp³-hybridized carbons (Fsp3) is 0.417. The summed E-state index contributed by atoms with van der Waals surface area (Å²) in [6.45, 7) is 3.64. The number of nitrogens with zero attached hydrogens (tertiary/aromatic N) is 1. The zero-order chi connectivity index (χ0) is 13.7. The summed E-state index contributed by atoms with van der Waals surface area (Å²) >= 11 is 5.70. The highest BCUT2D eigenvalue weighted by Gasteiger charge is 2.25. The van der Waals surface area contributed by atoms with Crippen molar-refractivity contribution in [3.63, 3.8) is 0 Å². The van der Waals surface area contributed by atoms with Crippen molar-refractivity contribution < 1.29 is 14.3 Å². The lowest BCUT2D eigenvalue weighted by atomic mass is 10.0. The number of halogens is 1. The van der Waals surface area contributed by atoms with Crippen LogP contribution in [0.4, 0.5) is 0 Å². The summed E-state index contributed by atoms with van der Waals surface area (Å²) in [6, 6.07) is 2.27. The number of carbonyl (C=O) groups excluding carboxylic acids is 2. The summed E-state index contributed by atoms with van der Waals surface area (Å²) in [7, 11) is 1.28. The maximum Gasteiger partial charge on any atom is 0.328 e. The molecule has 0 saturated carbocycles. The van der Waals surface area contributed by atoms with Gasteiger partial charge >= 0.3 is 5.97 Å². The molecule has 1 rings (SSSR count). The molecule has 1 N–H and O–H groups in total. The van der Waals surface area contributed by atoms with Gasteiger partial charge in [-0.15, -0.1) is 0 Å². The van der Waals surface area contributed by atoms with Gasteiger partial charge in [0.15, 0.2) is 0 Å². The van der Waals surface area contributed by atoms with Gasteiger partial charge in [0.2, 0.25) is 0 Å². The molecule has 1 aromatic heterocycles. The van der Waals surface area contributed by atoms with Crippen molar-refractivity contribution in [3.8, 4) is 0 Å². The number of nitrogens with one attached hydrogen (secondary N) is 1. The van der Waals surface area contributed by atoms with Crippen molar-refractivity contribution in [1.82, 2.24) is 10.3 Å². The summed E-state index contributed by atoms with van der Waals surface area (Å²) in [6.07, 6.45) is 1.43.